The van der Waals surface area contributed by atoms with Crippen LogP contribution < -0.4 is 0 Å². The summed E-state index contributed by atoms with van der Waals surface area (Å²) in [4.78, 5) is 0. The molecular weight excluding hydrogens is 558 g/mol. The summed E-state index contributed by atoms with van der Waals surface area (Å²) in [7, 11) is -3.62. The monoisotopic (exact) mass is 637 g/mol. The molecule has 0 unspecified atom stereocenters. The molecule has 0 aromatic heterocycles. The Balaban J connectivity index is 5.35. The Morgan fingerprint density at radius 2 is 0.667 bits per heavy atom. The first-order valence-corrected chi connectivity index (χ1v) is 23.4. The number of hydrogen-bond acceptors (Lipinski definition) is 4. The SMILES string of the molecule is CCCCCCCCCCCCCCCCP(CCCC)(CCCC)(CCCC)OP(=O)(OCCCC)OCCCC. The van der Waals surface area contributed by atoms with Crippen molar-refractivity contribution in [2.45, 2.75) is 196 Å². The normalized spacial score (nSPS) is 13.4. The summed E-state index contributed by atoms with van der Waals surface area (Å²) >= 11 is 0. The molecule has 0 aromatic carbocycles. The van der Waals surface area contributed by atoms with Gasteiger partial charge in [0.2, 0.25) is 0 Å². The van der Waals surface area contributed by atoms with Crippen LogP contribution in [0.1, 0.15) is 196 Å². The fourth-order valence-corrected chi connectivity index (χ4v) is 16.7. The predicted molar refractivity (Wildman–Crippen MR) is 192 cm³/mol. The van der Waals surface area contributed by atoms with E-state index in [4.69, 9.17) is 13.4 Å². The number of rotatable bonds is 34. The molecular formula is C36H78O4P2. The van der Waals surface area contributed by atoms with E-state index in [1.165, 1.54) is 89.9 Å². The van der Waals surface area contributed by atoms with Gasteiger partial charge in [0.05, 0.1) is 0 Å². The van der Waals surface area contributed by atoms with Gasteiger partial charge in [-0.15, -0.1) is 0 Å². The van der Waals surface area contributed by atoms with Gasteiger partial charge in [-0.2, -0.15) is 0 Å². The van der Waals surface area contributed by atoms with Crippen LogP contribution in [0.4, 0.5) is 0 Å². The molecule has 0 saturated heterocycles. The summed E-state index contributed by atoms with van der Waals surface area (Å²) in [5, 5.41) is 0. The number of unbranched alkanes of at least 4 members (excludes halogenated alkanes) is 18. The molecule has 0 atom stereocenters. The van der Waals surface area contributed by atoms with Gasteiger partial charge in [-0.3, -0.25) is 0 Å². The summed E-state index contributed by atoms with van der Waals surface area (Å²) in [6.07, 6.45) is 34.2. The van der Waals surface area contributed by atoms with Crippen LogP contribution in [0.25, 0.3) is 0 Å². The molecule has 0 aromatic rings. The molecule has 42 heavy (non-hydrogen) atoms. The van der Waals surface area contributed by atoms with Crippen LogP contribution in [0, 0.1) is 0 Å². The maximum atomic E-state index is 14.4. The van der Waals surface area contributed by atoms with E-state index in [2.05, 4.69) is 41.5 Å². The van der Waals surface area contributed by atoms with Crippen molar-refractivity contribution >= 4 is 14.7 Å². The van der Waals surface area contributed by atoms with E-state index in [0.29, 0.717) is 13.2 Å². The van der Waals surface area contributed by atoms with Crippen LogP contribution in [0.15, 0.2) is 0 Å². The Hall–Kier alpha value is 0.540. The van der Waals surface area contributed by atoms with Crippen molar-refractivity contribution in [3.8, 4) is 0 Å². The number of phosphoric acid groups is 1. The van der Waals surface area contributed by atoms with E-state index in [9.17, 15) is 4.57 Å². The number of hydrogen-bond donors (Lipinski definition) is 0. The third-order valence-electron chi connectivity index (χ3n) is 9.13. The van der Waals surface area contributed by atoms with Crippen LogP contribution in [-0.4, -0.2) is 37.9 Å². The minimum atomic E-state index is -3.62. The predicted octanol–water partition coefficient (Wildman–Crippen LogP) is 14.1. The van der Waals surface area contributed by atoms with Crippen molar-refractivity contribution in [2.75, 3.05) is 37.9 Å². The molecule has 6 heteroatoms. The van der Waals surface area contributed by atoms with Gasteiger partial charge < -0.3 is 0 Å². The molecule has 4 nitrogen and oxygen atoms in total. The molecule has 0 amide bonds. The van der Waals surface area contributed by atoms with Crippen molar-refractivity contribution in [1.29, 1.82) is 0 Å². The molecule has 0 saturated carbocycles. The van der Waals surface area contributed by atoms with Crippen LogP contribution in [-0.2, 0) is 17.9 Å². The molecule has 0 spiro atoms. The molecule has 256 valence electrons. The zero-order valence-corrected chi connectivity index (χ0v) is 31.5. The van der Waals surface area contributed by atoms with Gasteiger partial charge in [-0.1, -0.05) is 26.2 Å². The average Bonchev–Trinajstić information content (AvgIpc) is 2.99. The Morgan fingerprint density at radius 1 is 0.381 bits per heavy atom. The van der Waals surface area contributed by atoms with Gasteiger partial charge in [-0.25, -0.2) is 0 Å². The molecule has 0 aliphatic carbocycles. The Bertz CT molecular complexity index is 589. The third-order valence-corrected chi connectivity index (χ3v) is 18.6. The summed E-state index contributed by atoms with van der Waals surface area (Å²) in [5.74, 6) is 0. The molecule has 0 N–H and O–H groups in total. The van der Waals surface area contributed by atoms with Crippen molar-refractivity contribution in [3.63, 3.8) is 0 Å². The first-order valence-electron chi connectivity index (χ1n) is 19.0. The summed E-state index contributed by atoms with van der Waals surface area (Å²) < 4.78 is 33.8. The second kappa shape index (κ2) is 27.8. The van der Waals surface area contributed by atoms with E-state index in [0.717, 1.165) is 88.9 Å². The Morgan fingerprint density at radius 3 is 1.00 bits per heavy atom. The van der Waals surface area contributed by atoms with Crippen LogP contribution in [0.2, 0.25) is 0 Å². The Kier molecular flexibility index (Phi) is 28.2. The second-order valence-electron chi connectivity index (χ2n) is 13.3. The minimum absolute atomic E-state index is 0.459. The van der Waals surface area contributed by atoms with Gasteiger partial charge in [0, 0.05) is 0 Å². The summed E-state index contributed by atoms with van der Waals surface area (Å²) in [6, 6.07) is 0. The molecule has 0 bridgehead atoms. The van der Waals surface area contributed by atoms with E-state index in [1.807, 2.05) is 0 Å². The summed E-state index contributed by atoms with van der Waals surface area (Å²) in [6.45, 7) is 11.6. The molecule has 0 aliphatic rings. The molecule has 0 aliphatic heterocycles. The first kappa shape index (κ1) is 42.5. The second-order valence-corrected chi connectivity index (χ2v) is 20.9. The van der Waals surface area contributed by atoms with Crippen LogP contribution in [0.5, 0.6) is 0 Å². The van der Waals surface area contributed by atoms with Gasteiger partial charge in [0.1, 0.15) is 0 Å². The standard InChI is InChI=1S/C36H78O4P2/c1-7-13-19-20-21-22-23-24-25-26-27-28-29-30-36-42(33-16-10-4,34-17-11-5,35-18-12-6)40-41(37,38-31-14-8-2)39-32-15-9-3/h7-36H2,1-6H3. The van der Waals surface area contributed by atoms with Crippen LogP contribution >= 0.6 is 14.7 Å². The van der Waals surface area contributed by atoms with Crippen molar-refractivity contribution in [1.82, 2.24) is 0 Å². The quantitative estimate of drug-likeness (QED) is 0.0521. The zero-order valence-electron chi connectivity index (χ0n) is 29.7. The molecule has 0 radical (unpaired) electrons. The fourth-order valence-electron chi connectivity index (χ4n) is 6.22. The fraction of sp³-hybridized carbons (Fsp3) is 1.00. The van der Waals surface area contributed by atoms with E-state index >= 15 is 0 Å². The van der Waals surface area contributed by atoms with E-state index < -0.39 is 14.7 Å². The van der Waals surface area contributed by atoms with Gasteiger partial charge in [-0.05, 0) is 0 Å². The van der Waals surface area contributed by atoms with Gasteiger partial charge in [0.25, 0.3) is 0 Å². The van der Waals surface area contributed by atoms with Crippen molar-refractivity contribution < 1.29 is 17.9 Å². The maximum absolute atomic E-state index is 14.4. The zero-order chi connectivity index (χ0) is 31.3. The van der Waals surface area contributed by atoms with E-state index in [1.54, 1.807) is 0 Å². The van der Waals surface area contributed by atoms with Crippen molar-refractivity contribution in [2.24, 2.45) is 0 Å². The van der Waals surface area contributed by atoms with Gasteiger partial charge in [0.15, 0.2) is 0 Å². The Labute approximate surface area is 265 Å². The third kappa shape index (κ3) is 20.5. The first-order chi connectivity index (χ1) is 20.4. The van der Waals surface area contributed by atoms with Gasteiger partial charge >= 0.3 is 240 Å². The van der Waals surface area contributed by atoms with E-state index in [-0.39, 0.29) is 0 Å². The molecule has 0 heterocycles. The topological polar surface area (TPSA) is 44.8 Å². The molecule has 0 fully saturated rings. The molecule has 0 rings (SSSR count). The summed E-state index contributed by atoms with van der Waals surface area (Å²) in [5.41, 5.74) is 0. The van der Waals surface area contributed by atoms with Crippen molar-refractivity contribution in [3.05, 3.63) is 0 Å². The number of phosphoric ester groups is 1. The van der Waals surface area contributed by atoms with Crippen LogP contribution in [0.3, 0.4) is 0 Å². The average molecular weight is 637 g/mol.